The van der Waals surface area contributed by atoms with Crippen molar-refractivity contribution in [2.24, 2.45) is 0 Å². The smallest absolute Gasteiger partial charge is 0.343 e. The van der Waals surface area contributed by atoms with Crippen LogP contribution in [-0.4, -0.2) is 36.8 Å². The summed E-state index contributed by atoms with van der Waals surface area (Å²) in [6.45, 7) is 1.99. The van der Waals surface area contributed by atoms with Gasteiger partial charge in [-0.05, 0) is 35.0 Å². The van der Waals surface area contributed by atoms with Gasteiger partial charge in [-0.1, -0.05) is 11.8 Å². The summed E-state index contributed by atoms with van der Waals surface area (Å²) >= 11 is 4.80. The Kier molecular flexibility index (Phi) is 6.89. The second-order valence-corrected chi connectivity index (χ2v) is 6.56. The zero-order valence-electron chi connectivity index (χ0n) is 14.0. The summed E-state index contributed by atoms with van der Waals surface area (Å²) in [6, 6.07) is 3.72. The molecule has 0 bridgehead atoms. The van der Waals surface area contributed by atoms with E-state index < -0.39 is 5.97 Å². The Balaban J connectivity index is 2.16. The third-order valence-electron chi connectivity index (χ3n) is 3.20. The van der Waals surface area contributed by atoms with Gasteiger partial charge in [0.15, 0.2) is 5.16 Å². The Morgan fingerprint density at radius 3 is 2.60 bits per heavy atom. The van der Waals surface area contributed by atoms with E-state index in [0.29, 0.717) is 16.7 Å². The fourth-order valence-electron chi connectivity index (χ4n) is 1.99. The van der Waals surface area contributed by atoms with E-state index in [2.05, 4.69) is 25.9 Å². The van der Waals surface area contributed by atoms with Crippen molar-refractivity contribution in [1.29, 1.82) is 0 Å². The van der Waals surface area contributed by atoms with Crippen LogP contribution in [-0.2, 0) is 10.5 Å². The van der Waals surface area contributed by atoms with Crippen molar-refractivity contribution in [3.05, 3.63) is 33.9 Å². The number of thioether (sulfide) groups is 1. The van der Waals surface area contributed by atoms with Gasteiger partial charge in [0.2, 0.25) is 0 Å². The summed E-state index contributed by atoms with van der Waals surface area (Å²) in [5.41, 5.74) is 6.91. The van der Waals surface area contributed by atoms with E-state index in [0.717, 1.165) is 15.8 Å². The second kappa shape index (κ2) is 8.91. The molecule has 0 amide bonds. The van der Waals surface area contributed by atoms with Gasteiger partial charge >= 0.3 is 5.97 Å². The lowest BCUT2D eigenvalue weighted by Crippen LogP contribution is -2.10. The quantitative estimate of drug-likeness (QED) is 0.408. The van der Waals surface area contributed by atoms with E-state index in [1.165, 1.54) is 18.0 Å². The zero-order valence-corrected chi connectivity index (χ0v) is 16.4. The highest BCUT2D eigenvalue weighted by atomic mass is 79.9. The molecule has 25 heavy (non-hydrogen) atoms. The number of nitrogens with zero attached hydrogens (tertiary/aromatic N) is 2. The number of rotatable bonds is 7. The largest absolute Gasteiger partial charge is 0.496 e. The van der Waals surface area contributed by atoms with Gasteiger partial charge in [0.25, 0.3) is 0 Å². The van der Waals surface area contributed by atoms with E-state index >= 15 is 0 Å². The van der Waals surface area contributed by atoms with Crippen LogP contribution in [0.3, 0.4) is 0 Å². The molecule has 0 aliphatic carbocycles. The SMILES string of the molecule is CCOC(=O)c1cnc(SCc2cc(OC)c(Br)cc2OC)nc1N. The van der Waals surface area contributed by atoms with E-state index in [1.807, 2.05) is 12.1 Å². The minimum Gasteiger partial charge on any atom is -0.496 e. The Morgan fingerprint density at radius 2 is 2.00 bits per heavy atom. The number of methoxy groups -OCH3 is 2. The van der Waals surface area contributed by atoms with Gasteiger partial charge in [-0.3, -0.25) is 0 Å². The Labute approximate surface area is 158 Å². The first kappa shape index (κ1) is 19.3. The lowest BCUT2D eigenvalue weighted by Gasteiger charge is -2.12. The molecule has 0 radical (unpaired) electrons. The van der Waals surface area contributed by atoms with Crippen LogP contribution < -0.4 is 15.2 Å². The van der Waals surface area contributed by atoms with Crippen LogP contribution in [0, 0.1) is 0 Å². The fraction of sp³-hybridized carbons (Fsp3) is 0.312. The van der Waals surface area contributed by atoms with E-state index in [4.69, 9.17) is 19.9 Å². The number of benzene rings is 1. The highest BCUT2D eigenvalue weighted by molar-refractivity contribution is 9.10. The summed E-state index contributed by atoms with van der Waals surface area (Å²) in [5.74, 6) is 1.53. The van der Waals surface area contributed by atoms with Crippen LogP contribution in [0.2, 0.25) is 0 Å². The summed E-state index contributed by atoms with van der Waals surface area (Å²) < 4.78 is 16.4. The second-order valence-electron chi connectivity index (χ2n) is 4.76. The van der Waals surface area contributed by atoms with Gasteiger partial charge in [0.05, 0.1) is 25.3 Å². The number of ether oxygens (including phenoxy) is 3. The van der Waals surface area contributed by atoms with E-state index in [-0.39, 0.29) is 18.0 Å². The van der Waals surface area contributed by atoms with Gasteiger partial charge in [-0.25, -0.2) is 14.8 Å². The Bertz CT molecular complexity index is 773. The minimum absolute atomic E-state index is 0.0938. The lowest BCUT2D eigenvalue weighted by molar-refractivity contribution is 0.0526. The van der Waals surface area contributed by atoms with Gasteiger partial charge < -0.3 is 19.9 Å². The molecule has 0 saturated heterocycles. The predicted octanol–water partition coefficient (Wildman–Crippen LogP) is 3.31. The highest BCUT2D eigenvalue weighted by Crippen LogP contribution is 2.35. The van der Waals surface area contributed by atoms with Gasteiger partial charge in [-0.15, -0.1) is 0 Å². The lowest BCUT2D eigenvalue weighted by atomic mass is 10.2. The normalized spacial score (nSPS) is 10.4. The maximum Gasteiger partial charge on any atom is 0.343 e. The van der Waals surface area contributed by atoms with Crippen LogP contribution in [0.4, 0.5) is 5.82 Å². The van der Waals surface area contributed by atoms with Crippen molar-refractivity contribution in [3.8, 4) is 11.5 Å². The summed E-state index contributed by atoms with van der Waals surface area (Å²) in [6.07, 6.45) is 1.38. The number of nitrogen functional groups attached to an aromatic ring is 1. The van der Waals surface area contributed by atoms with Crippen molar-refractivity contribution < 1.29 is 19.0 Å². The molecule has 134 valence electrons. The van der Waals surface area contributed by atoms with Crippen LogP contribution >= 0.6 is 27.7 Å². The van der Waals surface area contributed by atoms with E-state index in [1.54, 1.807) is 21.1 Å². The third kappa shape index (κ3) is 4.76. The molecule has 0 unspecified atom stereocenters. The number of aromatic nitrogens is 2. The van der Waals surface area contributed by atoms with Crippen molar-refractivity contribution >= 4 is 39.5 Å². The molecule has 2 rings (SSSR count). The van der Waals surface area contributed by atoms with Crippen LogP contribution in [0.15, 0.2) is 28.0 Å². The number of nitrogens with two attached hydrogens (primary N) is 1. The molecule has 0 aliphatic heterocycles. The molecule has 2 N–H and O–H groups in total. The number of carbonyl (C=O) groups excluding carboxylic acids is 1. The molecule has 0 atom stereocenters. The zero-order chi connectivity index (χ0) is 18.4. The monoisotopic (exact) mass is 427 g/mol. The molecule has 0 aliphatic rings. The van der Waals surface area contributed by atoms with Crippen molar-refractivity contribution in [1.82, 2.24) is 9.97 Å². The molecule has 1 aromatic carbocycles. The molecule has 1 heterocycles. The Morgan fingerprint density at radius 1 is 1.28 bits per heavy atom. The first-order valence-electron chi connectivity index (χ1n) is 7.33. The van der Waals surface area contributed by atoms with Crippen molar-refractivity contribution in [3.63, 3.8) is 0 Å². The fourth-order valence-corrected chi connectivity index (χ4v) is 3.28. The average Bonchev–Trinajstić information content (AvgIpc) is 2.60. The summed E-state index contributed by atoms with van der Waals surface area (Å²) in [4.78, 5) is 20.0. The molecule has 0 fully saturated rings. The van der Waals surface area contributed by atoms with Crippen LogP contribution in [0.1, 0.15) is 22.8 Å². The summed E-state index contributed by atoms with van der Waals surface area (Å²) in [5, 5.41) is 0.453. The highest BCUT2D eigenvalue weighted by Gasteiger charge is 2.15. The molecule has 7 nitrogen and oxygen atoms in total. The number of hydrogen-bond donors (Lipinski definition) is 1. The van der Waals surface area contributed by atoms with Gasteiger partial charge in [-0.2, -0.15) is 0 Å². The molecule has 0 spiro atoms. The van der Waals surface area contributed by atoms with Gasteiger partial charge in [0.1, 0.15) is 22.9 Å². The minimum atomic E-state index is -0.532. The standard InChI is InChI=1S/C16H18BrN3O4S/c1-4-24-15(21)10-7-19-16(20-14(10)18)25-8-9-5-13(23-3)11(17)6-12(9)22-2/h5-7H,4,8H2,1-3H3,(H2,18,19,20). The average molecular weight is 428 g/mol. The first-order chi connectivity index (χ1) is 12.0. The molecular formula is C16H18BrN3O4S. The van der Waals surface area contributed by atoms with Crippen LogP contribution in [0.25, 0.3) is 0 Å². The molecule has 1 aromatic heterocycles. The number of anilines is 1. The molecule has 2 aromatic rings. The van der Waals surface area contributed by atoms with Gasteiger partial charge in [0, 0.05) is 17.5 Å². The predicted molar refractivity (Wildman–Crippen MR) is 99.2 cm³/mol. The first-order valence-corrected chi connectivity index (χ1v) is 9.10. The van der Waals surface area contributed by atoms with Crippen molar-refractivity contribution in [2.45, 2.75) is 17.8 Å². The number of hydrogen-bond acceptors (Lipinski definition) is 8. The maximum absolute atomic E-state index is 11.7. The van der Waals surface area contributed by atoms with E-state index in [9.17, 15) is 4.79 Å². The number of esters is 1. The van der Waals surface area contributed by atoms with Crippen LogP contribution in [0.5, 0.6) is 11.5 Å². The summed E-state index contributed by atoms with van der Waals surface area (Å²) in [7, 11) is 3.20. The number of halogens is 1. The van der Waals surface area contributed by atoms with Crippen molar-refractivity contribution in [2.75, 3.05) is 26.6 Å². The third-order valence-corrected chi connectivity index (χ3v) is 4.73. The maximum atomic E-state index is 11.7. The number of carbonyl (C=O) groups is 1. The molecule has 9 heteroatoms. The molecular weight excluding hydrogens is 410 g/mol. The Hall–Kier alpha value is -2.00. The topological polar surface area (TPSA) is 96.6 Å². The molecule has 0 saturated carbocycles.